The zero-order valence-electron chi connectivity index (χ0n) is 12.8. The van der Waals surface area contributed by atoms with E-state index in [1.54, 1.807) is 20.1 Å². The molecule has 1 aromatic carbocycles. The van der Waals surface area contributed by atoms with E-state index in [2.05, 4.69) is 4.72 Å². The number of methoxy groups -OCH3 is 2. The van der Waals surface area contributed by atoms with E-state index in [9.17, 15) is 8.42 Å². The molecule has 21 heavy (non-hydrogen) atoms. The first kappa shape index (κ1) is 17.7. The highest BCUT2D eigenvalue weighted by molar-refractivity contribution is 7.89. The Morgan fingerprint density at radius 1 is 1.19 bits per heavy atom. The summed E-state index contributed by atoms with van der Waals surface area (Å²) in [7, 11) is -0.532. The molecule has 120 valence electrons. The minimum absolute atomic E-state index is 0.0741. The number of anilines is 1. The van der Waals surface area contributed by atoms with Crippen molar-refractivity contribution in [3.8, 4) is 5.75 Å². The van der Waals surface area contributed by atoms with Crippen molar-refractivity contribution in [1.82, 2.24) is 4.72 Å². The number of nitrogens with one attached hydrogen (secondary N) is 1. The van der Waals surface area contributed by atoms with Gasteiger partial charge < -0.3 is 15.2 Å². The van der Waals surface area contributed by atoms with Gasteiger partial charge in [0.2, 0.25) is 10.0 Å². The third-order valence-corrected chi connectivity index (χ3v) is 4.64. The van der Waals surface area contributed by atoms with Crippen LogP contribution in [-0.2, 0) is 14.8 Å². The van der Waals surface area contributed by atoms with Gasteiger partial charge in [0.05, 0.1) is 7.11 Å². The van der Waals surface area contributed by atoms with Crippen LogP contribution in [0.2, 0.25) is 0 Å². The normalized spacial score (nSPS) is 11.6. The largest absolute Gasteiger partial charge is 0.495 e. The zero-order chi connectivity index (χ0) is 15.9. The highest BCUT2D eigenvalue weighted by Gasteiger charge is 2.20. The summed E-state index contributed by atoms with van der Waals surface area (Å²) in [6.07, 6.45) is 2.58. The Labute approximate surface area is 126 Å². The SMILES string of the molecule is COCCCCCNS(=O)(=O)c1cc(N)c(C)cc1OC. The lowest BCUT2D eigenvalue weighted by Gasteiger charge is -2.13. The zero-order valence-corrected chi connectivity index (χ0v) is 13.6. The van der Waals surface area contributed by atoms with Gasteiger partial charge in [-0.05, 0) is 43.9 Å². The van der Waals surface area contributed by atoms with Crippen molar-refractivity contribution < 1.29 is 17.9 Å². The molecular formula is C14H24N2O4S. The van der Waals surface area contributed by atoms with Gasteiger partial charge in [-0.1, -0.05) is 0 Å². The number of hydrogen-bond acceptors (Lipinski definition) is 5. The van der Waals surface area contributed by atoms with Gasteiger partial charge in [-0.25, -0.2) is 13.1 Å². The summed E-state index contributed by atoms with van der Waals surface area (Å²) in [6, 6.07) is 3.06. The summed E-state index contributed by atoms with van der Waals surface area (Å²) in [5.74, 6) is 0.300. The maximum atomic E-state index is 12.3. The molecule has 0 aliphatic heterocycles. The highest BCUT2D eigenvalue weighted by atomic mass is 32.2. The number of ether oxygens (including phenoxy) is 2. The fourth-order valence-corrected chi connectivity index (χ4v) is 3.14. The summed E-state index contributed by atoms with van der Waals surface area (Å²) < 4.78 is 37.2. The molecule has 0 unspecified atom stereocenters. The molecule has 0 saturated carbocycles. The molecule has 1 aromatic rings. The Morgan fingerprint density at radius 2 is 1.90 bits per heavy atom. The van der Waals surface area contributed by atoms with Crippen LogP contribution in [0.4, 0.5) is 5.69 Å². The summed E-state index contributed by atoms with van der Waals surface area (Å²) >= 11 is 0. The van der Waals surface area contributed by atoms with Crippen molar-refractivity contribution in [3.05, 3.63) is 17.7 Å². The van der Waals surface area contributed by atoms with Crippen molar-refractivity contribution in [2.45, 2.75) is 31.1 Å². The first-order chi connectivity index (χ1) is 9.92. The molecular weight excluding hydrogens is 292 g/mol. The summed E-state index contributed by atoms with van der Waals surface area (Å²) in [4.78, 5) is 0.0741. The van der Waals surface area contributed by atoms with E-state index < -0.39 is 10.0 Å². The topological polar surface area (TPSA) is 90.7 Å². The molecule has 3 N–H and O–H groups in total. The Morgan fingerprint density at radius 3 is 2.52 bits per heavy atom. The molecule has 6 nitrogen and oxygen atoms in total. The van der Waals surface area contributed by atoms with Crippen molar-refractivity contribution in [2.75, 3.05) is 33.1 Å². The van der Waals surface area contributed by atoms with Gasteiger partial charge in [-0.3, -0.25) is 0 Å². The van der Waals surface area contributed by atoms with E-state index in [0.717, 1.165) is 24.8 Å². The van der Waals surface area contributed by atoms with Gasteiger partial charge in [-0.2, -0.15) is 0 Å². The van der Waals surface area contributed by atoms with Crippen LogP contribution < -0.4 is 15.2 Å². The van der Waals surface area contributed by atoms with Crippen LogP contribution in [0.5, 0.6) is 5.75 Å². The molecule has 0 saturated heterocycles. The fraction of sp³-hybridized carbons (Fsp3) is 0.571. The monoisotopic (exact) mass is 316 g/mol. The van der Waals surface area contributed by atoms with Gasteiger partial charge in [-0.15, -0.1) is 0 Å². The number of aryl methyl sites for hydroxylation is 1. The van der Waals surface area contributed by atoms with Gasteiger partial charge >= 0.3 is 0 Å². The first-order valence-electron chi connectivity index (χ1n) is 6.85. The standard InChI is InChI=1S/C14H24N2O4S/c1-11-9-13(20-3)14(10-12(11)15)21(17,18)16-7-5-4-6-8-19-2/h9-10,16H,4-8,15H2,1-3H3. The lowest BCUT2D eigenvalue weighted by Crippen LogP contribution is -2.25. The van der Waals surface area contributed by atoms with Crippen molar-refractivity contribution in [1.29, 1.82) is 0 Å². The summed E-state index contributed by atoms with van der Waals surface area (Å²) in [5.41, 5.74) is 7.00. The molecule has 0 fully saturated rings. The predicted molar refractivity (Wildman–Crippen MR) is 83.1 cm³/mol. The van der Waals surface area contributed by atoms with E-state index in [-0.39, 0.29) is 4.90 Å². The van der Waals surface area contributed by atoms with Crippen molar-refractivity contribution in [2.24, 2.45) is 0 Å². The van der Waals surface area contributed by atoms with Crippen molar-refractivity contribution in [3.63, 3.8) is 0 Å². The molecule has 0 spiro atoms. The lowest BCUT2D eigenvalue weighted by molar-refractivity contribution is 0.192. The maximum absolute atomic E-state index is 12.3. The van der Waals surface area contributed by atoms with Crippen LogP contribution in [0.15, 0.2) is 17.0 Å². The third-order valence-electron chi connectivity index (χ3n) is 3.16. The Hall–Kier alpha value is -1.31. The molecule has 1 rings (SSSR count). The van der Waals surface area contributed by atoms with E-state index in [1.807, 2.05) is 0 Å². The summed E-state index contributed by atoms with van der Waals surface area (Å²) in [6.45, 7) is 2.87. The number of rotatable bonds is 9. The Kier molecular flexibility index (Phi) is 6.94. The van der Waals surface area contributed by atoms with E-state index in [0.29, 0.717) is 24.6 Å². The third kappa shape index (κ3) is 5.18. The Balaban J connectivity index is 2.72. The molecule has 0 aliphatic rings. The van der Waals surface area contributed by atoms with Gasteiger partial charge in [0.25, 0.3) is 0 Å². The first-order valence-corrected chi connectivity index (χ1v) is 8.33. The highest BCUT2D eigenvalue weighted by Crippen LogP contribution is 2.28. The molecule has 0 amide bonds. The van der Waals surface area contributed by atoms with Crippen molar-refractivity contribution >= 4 is 15.7 Å². The molecule has 0 heterocycles. The van der Waals surface area contributed by atoms with Gasteiger partial charge in [0.15, 0.2) is 0 Å². The number of hydrogen-bond donors (Lipinski definition) is 2. The molecule has 0 aromatic heterocycles. The Bertz CT molecular complexity index is 558. The van der Waals surface area contributed by atoms with E-state index in [1.165, 1.54) is 13.2 Å². The smallest absolute Gasteiger partial charge is 0.244 e. The number of nitrogens with two attached hydrogens (primary N) is 1. The quantitative estimate of drug-likeness (QED) is 0.534. The van der Waals surface area contributed by atoms with Crippen LogP contribution in [-0.4, -0.2) is 35.8 Å². The second-order valence-electron chi connectivity index (χ2n) is 4.81. The summed E-state index contributed by atoms with van der Waals surface area (Å²) in [5, 5.41) is 0. The second kappa shape index (κ2) is 8.21. The maximum Gasteiger partial charge on any atom is 0.244 e. The average molecular weight is 316 g/mol. The minimum Gasteiger partial charge on any atom is -0.495 e. The molecule has 0 aliphatic carbocycles. The number of benzene rings is 1. The van der Waals surface area contributed by atoms with Crippen LogP contribution in [0.3, 0.4) is 0 Å². The molecule has 0 bridgehead atoms. The fourth-order valence-electron chi connectivity index (χ4n) is 1.88. The minimum atomic E-state index is -3.62. The van der Waals surface area contributed by atoms with Crippen LogP contribution in [0.1, 0.15) is 24.8 Å². The average Bonchev–Trinajstić information content (AvgIpc) is 2.45. The second-order valence-corrected chi connectivity index (χ2v) is 6.55. The molecule has 0 radical (unpaired) electrons. The van der Waals surface area contributed by atoms with Crippen LogP contribution >= 0.6 is 0 Å². The molecule has 7 heteroatoms. The van der Waals surface area contributed by atoms with Crippen LogP contribution in [0, 0.1) is 6.92 Å². The number of sulfonamides is 1. The predicted octanol–water partition coefficient (Wildman–Crippen LogP) is 1.68. The van der Waals surface area contributed by atoms with E-state index >= 15 is 0 Å². The van der Waals surface area contributed by atoms with E-state index in [4.69, 9.17) is 15.2 Å². The van der Waals surface area contributed by atoms with Gasteiger partial charge in [0, 0.05) is 25.9 Å². The van der Waals surface area contributed by atoms with Gasteiger partial charge in [0.1, 0.15) is 10.6 Å². The molecule has 0 atom stereocenters. The number of unbranched alkanes of at least 4 members (excludes halogenated alkanes) is 2. The number of nitrogen functional groups attached to an aromatic ring is 1. The lowest BCUT2D eigenvalue weighted by atomic mass is 10.2. The van der Waals surface area contributed by atoms with Crippen LogP contribution in [0.25, 0.3) is 0 Å².